The van der Waals surface area contributed by atoms with Crippen LogP contribution in [-0.4, -0.2) is 39.4 Å². The van der Waals surface area contributed by atoms with Gasteiger partial charge in [0.25, 0.3) is 0 Å². The molecule has 0 aliphatic carbocycles. The zero-order valence-electron chi connectivity index (χ0n) is 13.5. The molecule has 0 aliphatic heterocycles. The lowest BCUT2D eigenvalue weighted by Gasteiger charge is -2.26. The molecule has 1 aromatic carbocycles. The predicted molar refractivity (Wildman–Crippen MR) is 81.9 cm³/mol. The van der Waals surface area contributed by atoms with Gasteiger partial charge >= 0.3 is 5.97 Å². The van der Waals surface area contributed by atoms with E-state index in [-0.39, 0.29) is 5.97 Å². The maximum Gasteiger partial charge on any atom is 0.325 e. The van der Waals surface area contributed by atoms with Crippen LogP contribution in [0.25, 0.3) is 0 Å². The lowest BCUT2D eigenvalue weighted by molar-refractivity contribution is -0.148. The number of rotatable bonds is 8. The molecule has 0 aromatic heterocycles. The number of benzene rings is 1. The van der Waals surface area contributed by atoms with Gasteiger partial charge in [0.15, 0.2) is 11.5 Å². The van der Waals surface area contributed by atoms with E-state index in [1.54, 1.807) is 14.2 Å². The number of aryl methyl sites for hydroxylation is 1. The third-order valence-corrected chi connectivity index (χ3v) is 3.59. The van der Waals surface area contributed by atoms with Gasteiger partial charge in [0.05, 0.1) is 20.8 Å². The second-order valence-corrected chi connectivity index (χ2v) is 5.18. The van der Waals surface area contributed by atoms with E-state index >= 15 is 0 Å². The van der Waals surface area contributed by atoms with Crippen LogP contribution in [0.2, 0.25) is 0 Å². The minimum Gasteiger partial charge on any atom is -0.493 e. The van der Waals surface area contributed by atoms with Crippen molar-refractivity contribution < 1.29 is 19.0 Å². The van der Waals surface area contributed by atoms with E-state index in [0.29, 0.717) is 18.8 Å². The van der Waals surface area contributed by atoms with Crippen LogP contribution in [0.4, 0.5) is 0 Å². The van der Waals surface area contributed by atoms with Crippen LogP contribution in [0.1, 0.15) is 25.3 Å². The Morgan fingerprint density at radius 2 is 2.00 bits per heavy atom. The van der Waals surface area contributed by atoms with E-state index < -0.39 is 5.54 Å². The summed E-state index contributed by atoms with van der Waals surface area (Å²) in [6.07, 6.45) is 1.35. The Bertz CT molecular complexity index is 475. The summed E-state index contributed by atoms with van der Waals surface area (Å²) in [4.78, 5) is 11.7. The van der Waals surface area contributed by atoms with Crippen molar-refractivity contribution in [3.63, 3.8) is 0 Å². The first kappa shape index (κ1) is 17.3. The molecule has 21 heavy (non-hydrogen) atoms. The minimum absolute atomic E-state index is 0.266. The molecule has 0 spiro atoms. The van der Waals surface area contributed by atoms with Crippen molar-refractivity contribution in [1.82, 2.24) is 5.32 Å². The van der Waals surface area contributed by atoms with Crippen LogP contribution in [0.5, 0.6) is 11.5 Å². The molecule has 0 fully saturated rings. The lowest BCUT2D eigenvalue weighted by Crippen LogP contribution is -2.48. The van der Waals surface area contributed by atoms with Crippen LogP contribution in [-0.2, 0) is 9.53 Å². The standard InChI is InChI=1S/C16H25NO4/c1-12-7-8-13(14(11-12)19-4)21-10-6-9-16(2,17-3)15(18)20-5/h7-8,11,17H,6,9-10H2,1-5H3. The van der Waals surface area contributed by atoms with Gasteiger partial charge in [-0.1, -0.05) is 6.07 Å². The maximum absolute atomic E-state index is 11.7. The Morgan fingerprint density at radius 1 is 1.29 bits per heavy atom. The van der Waals surface area contributed by atoms with Gasteiger partial charge in [-0.3, -0.25) is 4.79 Å². The quantitative estimate of drug-likeness (QED) is 0.589. The summed E-state index contributed by atoms with van der Waals surface area (Å²) in [5.74, 6) is 1.17. The predicted octanol–water partition coefficient (Wildman–Crippen LogP) is 2.31. The number of nitrogens with one attached hydrogen (secondary N) is 1. The molecule has 0 radical (unpaired) electrons. The summed E-state index contributed by atoms with van der Waals surface area (Å²) in [5, 5.41) is 3.00. The number of esters is 1. The molecule has 118 valence electrons. The second kappa shape index (κ2) is 7.88. The molecular weight excluding hydrogens is 270 g/mol. The fraction of sp³-hybridized carbons (Fsp3) is 0.562. The lowest BCUT2D eigenvalue weighted by atomic mass is 9.96. The third-order valence-electron chi connectivity index (χ3n) is 3.59. The zero-order valence-corrected chi connectivity index (χ0v) is 13.5. The molecule has 1 rings (SSSR count). The molecule has 0 heterocycles. The second-order valence-electron chi connectivity index (χ2n) is 5.18. The fourth-order valence-corrected chi connectivity index (χ4v) is 2.06. The third kappa shape index (κ3) is 4.63. The summed E-state index contributed by atoms with van der Waals surface area (Å²) in [6.45, 7) is 4.33. The first-order valence-electron chi connectivity index (χ1n) is 7.01. The summed E-state index contributed by atoms with van der Waals surface area (Å²) in [7, 11) is 4.77. The van der Waals surface area contributed by atoms with Gasteiger partial charge in [0.2, 0.25) is 0 Å². The molecule has 1 aromatic rings. The molecule has 0 amide bonds. The van der Waals surface area contributed by atoms with Gasteiger partial charge < -0.3 is 19.5 Å². The minimum atomic E-state index is -0.685. The van der Waals surface area contributed by atoms with Crippen LogP contribution in [0.3, 0.4) is 0 Å². The molecular formula is C16H25NO4. The van der Waals surface area contributed by atoms with Crippen molar-refractivity contribution in [3.8, 4) is 11.5 Å². The van der Waals surface area contributed by atoms with Gasteiger partial charge in [-0.25, -0.2) is 0 Å². The smallest absolute Gasteiger partial charge is 0.325 e. The number of carbonyl (C=O) groups excluding carboxylic acids is 1. The summed E-state index contributed by atoms with van der Waals surface area (Å²) < 4.78 is 15.8. The van der Waals surface area contributed by atoms with E-state index in [1.807, 2.05) is 32.0 Å². The van der Waals surface area contributed by atoms with Gasteiger partial charge in [0.1, 0.15) is 5.54 Å². The largest absolute Gasteiger partial charge is 0.493 e. The number of methoxy groups -OCH3 is 2. The SMILES string of the molecule is CNC(C)(CCCOc1ccc(C)cc1OC)C(=O)OC. The first-order chi connectivity index (χ1) is 9.96. The summed E-state index contributed by atoms with van der Waals surface area (Å²) in [6, 6.07) is 5.80. The van der Waals surface area contributed by atoms with Gasteiger partial charge in [-0.2, -0.15) is 0 Å². The van der Waals surface area contributed by atoms with E-state index in [2.05, 4.69) is 5.32 Å². The molecule has 0 saturated heterocycles. The number of hydrogen-bond acceptors (Lipinski definition) is 5. The van der Waals surface area contributed by atoms with Gasteiger partial charge in [-0.05, 0) is 51.4 Å². The van der Waals surface area contributed by atoms with Gasteiger partial charge in [-0.15, -0.1) is 0 Å². The highest BCUT2D eigenvalue weighted by Crippen LogP contribution is 2.28. The van der Waals surface area contributed by atoms with Crippen molar-refractivity contribution in [2.45, 2.75) is 32.2 Å². The number of likely N-dealkylation sites (N-methyl/N-ethyl adjacent to an activating group) is 1. The van der Waals surface area contributed by atoms with E-state index in [4.69, 9.17) is 14.2 Å². The Hall–Kier alpha value is -1.75. The van der Waals surface area contributed by atoms with Crippen LogP contribution >= 0.6 is 0 Å². The Balaban J connectivity index is 2.52. The topological polar surface area (TPSA) is 56.8 Å². The van der Waals surface area contributed by atoms with E-state index in [1.165, 1.54) is 7.11 Å². The van der Waals surface area contributed by atoms with E-state index in [0.717, 1.165) is 17.7 Å². The van der Waals surface area contributed by atoms with Crippen molar-refractivity contribution in [1.29, 1.82) is 0 Å². The highest BCUT2D eigenvalue weighted by molar-refractivity contribution is 5.80. The average Bonchev–Trinajstić information content (AvgIpc) is 2.51. The zero-order chi connectivity index (χ0) is 15.9. The molecule has 1 unspecified atom stereocenters. The van der Waals surface area contributed by atoms with E-state index in [9.17, 15) is 4.79 Å². The maximum atomic E-state index is 11.7. The van der Waals surface area contributed by atoms with Gasteiger partial charge in [0, 0.05) is 0 Å². The molecule has 1 atom stereocenters. The highest BCUT2D eigenvalue weighted by Gasteiger charge is 2.31. The normalized spacial score (nSPS) is 13.4. The molecule has 5 heteroatoms. The molecule has 1 N–H and O–H groups in total. The van der Waals surface area contributed by atoms with Crippen LogP contribution in [0, 0.1) is 6.92 Å². The molecule has 0 bridgehead atoms. The highest BCUT2D eigenvalue weighted by atomic mass is 16.5. The number of ether oxygens (including phenoxy) is 3. The van der Waals surface area contributed by atoms with Crippen molar-refractivity contribution in [3.05, 3.63) is 23.8 Å². The summed E-state index contributed by atoms with van der Waals surface area (Å²) >= 11 is 0. The average molecular weight is 295 g/mol. The van der Waals surface area contributed by atoms with Crippen LogP contribution < -0.4 is 14.8 Å². The summed E-state index contributed by atoms with van der Waals surface area (Å²) in [5.41, 5.74) is 0.433. The van der Waals surface area contributed by atoms with Crippen LogP contribution in [0.15, 0.2) is 18.2 Å². The molecule has 0 saturated carbocycles. The Morgan fingerprint density at radius 3 is 2.57 bits per heavy atom. The molecule has 0 aliphatic rings. The van der Waals surface area contributed by atoms with Crippen molar-refractivity contribution >= 4 is 5.97 Å². The Kier molecular flexibility index (Phi) is 6.49. The number of carbonyl (C=O) groups is 1. The van der Waals surface area contributed by atoms with Crippen molar-refractivity contribution in [2.24, 2.45) is 0 Å². The fourth-order valence-electron chi connectivity index (χ4n) is 2.06. The number of hydrogen-bond donors (Lipinski definition) is 1. The first-order valence-corrected chi connectivity index (χ1v) is 7.01. The Labute approximate surface area is 126 Å². The molecule has 5 nitrogen and oxygen atoms in total. The van der Waals surface area contributed by atoms with Crippen molar-refractivity contribution in [2.75, 3.05) is 27.9 Å². The monoisotopic (exact) mass is 295 g/mol.